The minimum absolute atomic E-state index is 0.0362. The van der Waals surface area contributed by atoms with Crippen molar-refractivity contribution in [3.63, 3.8) is 0 Å². The molecule has 6 nitrogen and oxygen atoms in total. The number of halogens is 1. The van der Waals surface area contributed by atoms with E-state index in [0.717, 1.165) is 10.6 Å². The Hall–Kier alpha value is -2.99. The highest BCUT2D eigenvalue weighted by molar-refractivity contribution is 6.33. The zero-order chi connectivity index (χ0) is 20.6. The molecule has 0 radical (unpaired) electrons. The van der Waals surface area contributed by atoms with Crippen molar-refractivity contribution in [2.45, 2.75) is 33.1 Å². The molecule has 7 heteroatoms. The predicted molar refractivity (Wildman–Crippen MR) is 112 cm³/mol. The monoisotopic (exact) mass is 397 g/mol. The van der Waals surface area contributed by atoms with Gasteiger partial charge in [-0.15, -0.1) is 0 Å². The second-order valence-corrected chi connectivity index (χ2v) is 8.06. The van der Waals surface area contributed by atoms with Crippen LogP contribution in [0.3, 0.4) is 0 Å². The van der Waals surface area contributed by atoms with Gasteiger partial charge in [-0.3, -0.25) is 14.9 Å². The molecule has 0 fully saturated rings. The fourth-order valence-corrected chi connectivity index (χ4v) is 3.08. The third-order valence-electron chi connectivity index (χ3n) is 4.51. The lowest BCUT2D eigenvalue weighted by Crippen LogP contribution is -2.22. The van der Waals surface area contributed by atoms with Gasteiger partial charge in [0.05, 0.1) is 16.2 Å². The molecule has 1 aliphatic heterocycles. The molecule has 0 spiro atoms. The Morgan fingerprint density at radius 1 is 1.14 bits per heavy atom. The van der Waals surface area contributed by atoms with E-state index in [1.165, 1.54) is 23.8 Å². The van der Waals surface area contributed by atoms with E-state index >= 15 is 0 Å². The van der Waals surface area contributed by atoms with Gasteiger partial charge in [-0.05, 0) is 41.7 Å². The summed E-state index contributed by atoms with van der Waals surface area (Å²) in [5.41, 5.74) is 2.77. The largest absolute Gasteiger partial charge is 0.295 e. The SMILES string of the molecule is CC1=NN(c2cc(Cl)ccc2[N+](=O)[O-])C(=O)C1=Cc1ccc(C(C)(C)C)cc1. The van der Waals surface area contributed by atoms with Gasteiger partial charge in [0.15, 0.2) is 0 Å². The molecule has 2 aromatic carbocycles. The van der Waals surface area contributed by atoms with E-state index in [9.17, 15) is 14.9 Å². The number of nitro benzene ring substituents is 1. The normalized spacial score (nSPS) is 15.9. The number of benzene rings is 2. The van der Waals surface area contributed by atoms with Gasteiger partial charge in [-0.25, -0.2) is 0 Å². The van der Waals surface area contributed by atoms with Crippen LogP contribution >= 0.6 is 11.6 Å². The molecule has 2 aromatic rings. The number of nitrogens with zero attached hydrogens (tertiary/aromatic N) is 3. The van der Waals surface area contributed by atoms with Crippen LogP contribution in [0.2, 0.25) is 5.02 Å². The molecule has 0 unspecified atom stereocenters. The van der Waals surface area contributed by atoms with Gasteiger partial charge in [-0.2, -0.15) is 10.1 Å². The lowest BCUT2D eigenvalue weighted by Gasteiger charge is -2.18. The highest BCUT2D eigenvalue weighted by Crippen LogP contribution is 2.35. The molecule has 1 aliphatic rings. The number of hydrazone groups is 1. The molecule has 144 valence electrons. The second kappa shape index (κ2) is 7.20. The van der Waals surface area contributed by atoms with Gasteiger partial charge >= 0.3 is 0 Å². The first-order valence-electron chi connectivity index (χ1n) is 8.74. The number of amides is 1. The summed E-state index contributed by atoms with van der Waals surface area (Å²) in [6, 6.07) is 12.0. The maximum atomic E-state index is 12.9. The topological polar surface area (TPSA) is 75.8 Å². The van der Waals surface area contributed by atoms with Crippen LogP contribution in [0.5, 0.6) is 0 Å². The number of nitro groups is 1. The van der Waals surface area contributed by atoms with E-state index in [1.807, 2.05) is 24.3 Å². The molecular formula is C21H20ClN3O3. The summed E-state index contributed by atoms with van der Waals surface area (Å²) >= 11 is 5.98. The van der Waals surface area contributed by atoms with Crippen LogP contribution in [-0.2, 0) is 10.2 Å². The van der Waals surface area contributed by atoms with Crippen LogP contribution in [0.1, 0.15) is 38.8 Å². The smallest absolute Gasteiger partial charge is 0.267 e. The molecule has 0 atom stereocenters. The quantitative estimate of drug-likeness (QED) is 0.398. The Labute approximate surface area is 168 Å². The van der Waals surface area contributed by atoms with Crippen LogP contribution in [-0.4, -0.2) is 16.5 Å². The Bertz CT molecular complexity index is 1020. The second-order valence-electron chi connectivity index (χ2n) is 7.62. The first-order valence-corrected chi connectivity index (χ1v) is 9.12. The van der Waals surface area contributed by atoms with Crippen molar-refractivity contribution in [2.75, 3.05) is 5.01 Å². The van der Waals surface area contributed by atoms with E-state index in [1.54, 1.807) is 13.0 Å². The highest BCUT2D eigenvalue weighted by Gasteiger charge is 2.33. The molecule has 0 saturated heterocycles. The number of anilines is 1. The Morgan fingerprint density at radius 3 is 2.36 bits per heavy atom. The summed E-state index contributed by atoms with van der Waals surface area (Å²) in [4.78, 5) is 23.7. The summed E-state index contributed by atoms with van der Waals surface area (Å²) in [6.07, 6.45) is 1.74. The predicted octanol–water partition coefficient (Wildman–Crippen LogP) is 5.35. The Kier molecular flexibility index (Phi) is 5.08. The van der Waals surface area contributed by atoms with Crippen LogP contribution in [0, 0.1) is 10.1 Å². The van der Waals surface area contributed by atoms with E-state index < -0.39 is 10.8 Å². The summed E-state index contributed by atoms with van der Waals surface area (Å²) in [7, 11) is 0. The molecule has 1 amide bonds. The molecular weight excluding hydrogens is 378 g/mol. The van der Waals surface area contributed by atoms with Crippen molar-refractivity contribution < 1.29 is 9.72 Å². The molecule has 28 heavy (non-hydrogen) atoms. The van der Waals surface area contributed by atoms with Crippen molar-refractivity contribution >= 4 is 40.7 Å². The van der Waals surface area contributed by atoms with Crippen molar-refractivity contribution in [1.29, 1.82) is 0 Å². The van der Waals surface area contributed by atoms with Crippen LogP contribution in [0.25, 0.3) is 6.08 Å². The van der Waals surface area contributed by atoms with Crippen molar-refractivity contribution in [3.05, 3.63) is 74.3 Å². The standard InChI is InChI=1S/C21H20ClN3O3/c1-13-17(11-14-5-7-15(8-6-14)21(2,3)4)20(26)24(23-13)19-12-16(22)9-10-18(19)25(27)28/h5-12H,1-4H3. The lowest BCUT2D eigenvalue weighted by molar-refractivity contribution is -0.384. The van der Waals surface area contributed by atoms with Crippen LogP contribution in [0.4, 0.5) is 11.4 Å². The highest BCUT2D eigenvalue weighted by atomic mass is 35.5. The van der Waals surface area contributed by atoms with E-state index in [-0.39, 0.29) is 21.8 Å². The minimum Gasteiger partial charge on any atom is -0.267 e. The fraction of sp³-hybridized carbons (Fsp3) is 0.238. The van der Waals surface area contributed by atoms with E-state index in [0.29, 0.717) is 11.3 Å². The molecule has 0 saturated carbocycles. The first-order chi connectivity index (χ1) is 13.1. The third kappa shape index (κ3) is 3.82. The van der Waals surface area contributed by atoms with Gasteiger partial charge in [0.25, 0.3) is 11.6 Å². The maximum Gasteiger partial charge on any atom is 0.295 e. The third-order valence-corrected chi connectivity index (χ3v) is 4.75. The minimum atomic E-state index is -0.559. The fourth-order valence-electron chi connectivity index (χ4n) is 2.91. The van der Waals surface area contributed by atoms with E-state index in [4.69, 9.17) is 11.6 Å². The Balaban J connectivity index is 1.97. The first kappa shape index (κ1) is 19.8. The maximum absolute atomic E-state index is 12.9. The van der Waals surface area contributed by atoms with Crippen LogP contribution < -0.4 is 5.01 Å². The van der Waals surface area contributed by atoms with Gasteiger partial charge in [-0.1, -0.05) is 56.6 Å². The van der Waals surface area contributed by atoms with Gasteiger partial charge in [0.1, 0.15) is 5.69 Å². The number of carbonyl (C=O) groups is 1. The average molecular weight is 398 g/mol. The Morgan fingerprint density at radius 2 is 1.79 bits per heavy atom. The summed E-state index contributed by atoms with van der Waals surface area (Å²) in [5.74, 6) is -0.428. The molecule has 0 bridgehead atoms. The van der Waals surface area contributed by atoms with Crippen LogP contribution in [0.15, 0.2) is 53.1 Å². The zero-order valence-electron chi connectivity index (χ0n) is 16.1. The molecule has 0 aromatic heterocycles. The number of hydrogen-bond donors (Lipinski definition) is 0. The molecule has 0 aliphatic carbocycles. The van der Waals surface area contributed by atoms with Gasteiger partial charge < -0.3 is 0 Å². The zero-order valence-corrected chi connectivity index (χ0v) is 16.8. The summed E-state index contributed by atoms with van der Waals surface area (Å²) < 4.78 is 0. The van der Waals surface area contributed by atoms with Gasteiger partial charge in [0.2, 0.25) is 0 Å². The summed E-state index contributed by atoms with van der Waals surface area (Å²) in [6.45, 7) is 8.10. The number of hydrogen-bond acceptors (Lipinski definition) is 4. The van der Waals surface area contributed by atoms with Gasteiger partial charge in [0, 0.05) is 11.1 Å². The van der Waals surface area contributed by atoms with Crippen molar-refractivity contribution in [2.24, 2.45) is 5.10 Å². The molecule has 1 heterocycles. The van der Waals surface area contributed by atoms with Crippen molar-refractivity contribution in [1.82, 2.24) is 0 Å². The van der Waals surface area contributed by atoms with E-state index in [2.05, 4.69) is 25.9 Å². The molecule has 0 N–H and O–H groups in total. The number of carbonyl (C=O) groups excluding carboxylic acids is 1. The number of rotatable bonds is 3. The summed E-state index contributed by atoms with van der Waals surface area (Å²) in [5, 5.41) is 16.9. The molecule has 3 rings (SSSR count). The lowest BCUT2D eigenvalue weighted by atomic mass is 9.86. The van der Waals surface area contributed by atoms with Crippen molar-refractivity contribution in [3.8, 4) is 0 Å². The average Bonchev–Trinajstić information content (AvgIpc) is 2.89.